The summed E-state index contributed by atoms with van der Waals surface area (Å²) in [6.07, 6.45) is 0.632. The number of ether oxygens (including phenoxy) is 8. The van der Waals surface area contributed by atoms with E-state index in [9.17, 15) is 0 Å². The molecule has 0 saturated carbocycles. The number of likely N-dealkylation sites (N-methyl/N-ethyl adjacent to an activating group) is 2. The predicted octanol–water partition coefficient (Wildman–Crippen LogP) is 6.86. The minimum atomic E-state index is -0.753. The Bertz CT molecular complexity index is 2340. The maximum absolute atomic E-state index is 15.8. The van der Waals surface area contributed by atoms with E-state index in [1.165, 1.54) is 0 Å². The van der Waals surface area contributed by atoms with E-state index in [1.54, 1.807) is 14.2 Å². The number of rotatable bonds is 3. The number of Topliss-reactive ketones (excluding diaryl/α,β-unsaturated/α-hetero) is 1. The summed E-state index contributed by atoms with van der Waals surface area (Å²) < 4.78 is 47.5. The number of anilines is 1. The Labute approximate surface area is 300 Å². The van der Waals surface area contributed by atoms with Crippen molar-refractivity contribution in [3.63, 3.8) is 0 Å². The molecule has 0 unspecified atom stereocenters. The Balaban J connectivity index is 1.29. The van der Waals surface area contributed by atoms with E-state index in [-0.39, 0.29) is 26.2 Å². The van der Waals surface area contributed by atoms with Crippen molar-refractivity contribution in [2.45, 2.75) is 24.9 Å². The molecule has 52 heavy (non-hydrogen) atoms. The minimum Gasteiger partial charge on any atom is -0.493 e. The number of benzene rings is 5. The van der Waals surface area contributed by atoms with Gasteiger partial charge in [0.15, 0.2) is 51.8 Å². The van der Waals surface area contributed by atoms with E-state index in [4.69, 9.17) is 37.9 Å². The van der Waals surface area contributed by atoms with Gasteiger partial charge in [-0.05, 0) is 78.0 Å². The molecule has 5 aliphatic rings. The van der Waals surface area contributed by atoms with Gasteiger partial charge in [-0.15, -0.1) is 0 Å². The number of methoxy groups -OCH3 is 2. The van der Waals surface area contributed by atoms with Crippen molar-refractivity contribution >= 4 is 22.2 Å². The lowest BCUT2D eigenvalue weighted by molar-refractivity contribution is 0.0941. The van der Waals surface area contributed by atoms with E-state index in [0.717, 1.165) is 49.8 Å². The molecular formula is C41H36N2O9. The average molecular weight is 701 g/mol. The molecule has 5 aliphatic heterocycles. The number of hydrogen-bond donors (Lipinski definition) is 0. The van der Waals surface area contributed by atoms with Crippen LogP contribution in [0.4, 0.5) is 5.69 Å². The standard InChI is InChI=1S/C41H36N2O9/c1-42-12-11-22-14-32-34(51-19-49-32)16-27(22)39(44)35(24-7-9-29(45-3)40(46-4)28(24)17-42)38-36-23(8-10-30-41(36)52-20-47-30)25-6-5-21-13-31-33(50-18-48-31)15-26(21)37(25)43(38)2/h5-10,13-16,35,38H,11-12,17-20H2,1-4H3/t35-,38-/m0/s1. The van der Waals surface area contributed by atoms with Crippen LogP contribution in [0.1, 0.15) is 44.6 Å². The van der Waals surface area contributed by atoms with Crippen LogP contribution in [0.25, 0.3) is 21.9 Å². The zero-order valence-corrected chi connectivity index (χ0v) is 29.2. The molecule has 0 saturated heterocycles. The van der Waals surface area contributed by atoms with Gasteiger partial charge in [0.25, 0.3) is 0 Å². The Kier molecular flexibility index (Phi) is 6.91. The minimum absolute atomic E-state index is 0.0491. The monoisotopic (exact) mass is 700 g/mol. The fourth-order valence-corrected chi connectivity index (χ4v) is 8.70. The van der Waals surface area contributed by atoms with Crippen molar-refractivity contribution in [2.24, 2.45) is 0 Å². The summed E-state index contributed by atoms with van der Waals surface area (Å²) in [5.41, 5.74) is 7.07. The van der Waals surface area contributed by atoms with Crippen LogP contribution in [-0.4, -0.2) is 65.9 Å². The molecule has 0 radical (unpaired) electrons. The Morgan fingerprint density at radius 1 is 0.712 bits per heavy atom. The quantitative estimate of drug-likeness (QED) is 0.198. The number of ketones is 1. The van der Waals surface area contributed by atoms with Gasteiger partial charge in [0.05, 0.1) is 31.9 Å². The summed E-state index contributed by atoms with van der Waals surface area (Å²) in [4.78, 5) is 20.3. The van der Waals surface area contributed by atoms with Crippen LogP contribution < -0.4 is 42.8 Å². The maximum Gasteiger partial charge on any atom is 0.231 e. The molecule has 5 aromatic rings. The van der Waals surface area contributed by atoms with E-state index >= 15 is 4.79 Å². The third-order valence-corrected chi connectivity index (χ3v) is 11.1. The first-order valence-corrected chi connectivity index (χ1v) is 17.3. The van der Waals surface area contributed by atoms with Gasteiger partial charge in [-0.1, -0.05) is 18.2 Å². The molecule has 0 amide bonds. The summed E-state index contributed by atoms with van der Waals surface area (Å²) >= 11 is 0. The molecule has 264 valence electrons. The second-order valence-electron chi connectivity index (χ2n) is 13.8. The molecule has 0 spiro atoms. The zero-order valence-electron chi connectivity index (χ0n) is 29.2. The largest absolute Gasteiger partial charge is 0.493 e. The van der Waals surface area contributed by atoms with Gasteiger partial charge < -0.3 is 47.7 Å². The third-order valence-electron chi connectivity index (χ3n) is 11.1. The van der Waals surface area contributed by atoms with Gasteiger partial charge in [0.2, 0.25) is 20.4 Å². The number of nitrogens with zero attached hydrogens (tertiary/aromatic N) is 2. The lowest BCUT2D eigenvalue weighted by Crippen LogP contribution is -2.38. The first-order valence-electron chi connectivity index (χ1n) is 17.3. The summed E-state index contributed by atoms with van der Waals surface area (Å²) in [5.74, 6) is 4.30. The highest BCUT2D eigenvalue weighted by atomic mass is 16.7. The Morgan fingerprint density at radius 3 is 2.21 bits per heavy atom. The zero-order chi connectivity index (χ0) is 35.2. The van der Waals surface area contributed by atoms with Crippen LogP contribution >= 0.6 is 0 Å². The molecule has 0 bridgehead atoms. The number of carbonyl (C=O) groups is 1. The maximum atomic E-state index is 15.8. The van der Waals surface area contributed by atoms with Gasteiger partial charge in [0.1, 0.15) is 0 Å². The van der Waals surface area contributed by atoms with E-state index in [0.29, 0.717) is 71.1 Å². The lowest BCUT2D eigenvalue weighted by atomic mass is 9.73. The van der Waals surface area contributed by atoms with E-state index in [2.05, 4.69) is 42.1 Å². The average Bonchev–Trinajstić information content (AvgIpc) is 3.94. The smallest absolute Gasteiger partial charge is 0.231 e. The summed E-state index contributed by atoms with van der Waals surface area (Å²) in [6, 6.07) is 19.5. The van der Waals surface area contributed by atoms with Crippen LogP contribution in [0.15, 0.2) is 60.7 Å². The van der Waals surface area contributed by atoms with Gasteiger partial charge in [-0.2, -0.15) is 0 Å². The summed E-state index contributed by atoms with van der Waals surface area (Å²) in [6.45, 7) is 1.60. The predicted molar refractivity (Wildman–Crippen MR) is 192 cm³/mol. The van der Waals surface area contributed by atoms with Gasteiger partial charge in [-0.3, -0.25) is 4.79 Å². The molecule has 5 aromatic carbocycles. The summed E-state index contributed by atoms with van der Waals surface area (Å²) in [7, 11) is 7.43. The Hall–Kier alpha value is -5.81. The van der Waals surface area contributed by atoms with Crippen molar-refractivity contribution in [3.8, 4) is 57.1 Å². The highest BCUT2D eigenvalue weighted by Crippen LogP contribution is 2.59. The molecule has 0 aromatic heterocycles. The SMILES string of the molecule is COc1ccc2c(c1OC)CN(C)CCc1cc3c(cc1C(=O)[C@@H]2[C@H]1c2c(ccc4c2OCO4)-c2ccc4cc5c(cc4c2N1C)OCO5)OCO3. The normalized spacial score (nSPS) is 19.5. The summed E-state index contributed by atoms with van der Waals surface area (Å²) in [5, 5.41) is 1.99. The van der Waals surface area contributed by atoms with Gasteiger partial charge in [0, 0.05) is 47.8 Å². The van der Waals surface area contributed by atoms with Crippen LogP contribution in [0.5, 0.6) is 46.0 Å². The molecule has 5 heterocycles. The molecular weight excluding hydrogens is 664 g/mol. The van der Waals surface area contributed by atoms with Crippen molar-refractivity contribution < 1.29 is 42.7 Å². The molecule has 11 nitrogen and oxygen atoms in total. The van der Waals surface area contributed by atoms with Crippen molar-refractivity contribution in [2.75, 3.05) is 60.1 Å². The molecule has 2 atom stereocenters. The van der Waals surface area contributed by atoms with Crippen LogP contribution in [0.3, 0.4) is 0 Å². The second-order valence-corrected chi connectivity index (χ2v) is 13.8. The number of hydrogen-bond acceptors (Lipinski definition) is 11. The molecule has 0 N–H and O–H groups in total. The Morgan fingerprint density at radius 2 is 1.42 bits per heavy atom. The third kappa shape index (κ3) is 4.44. The first-order chi connectivity index (χ1) is 25.4. The highest BCUT2D eigenvalue weighted by Gasteiger charge is 2.46. The van der Waals surface area contributed by atoms with Crippen molar-refractivity contribution in [1.29, 1.82) is 0 Å². The van der Waals surface area contributed by atoms with Crippen LogP contribution in [0.2, 0.25) is 0 Å². The fraction of sp³-hybridized carbons (Fsp3) is 0.293. The topological polar surface area (TPSA) is 97.4 Å². The number of fused-ring (bicyclic) bond motifs is 11. The molecule has 0 fully saturated rings. The number of carbonyl (C=O) groups excluding carboxylic acids is 1. The van der Waals surface area contributed by atoms with Crippen LogP contribution in [-0.2, 0) is 13.0 Å². The highest BCUT2D eigenvalue weighted by molar-refractivity contribution is 6.08. The lowest BCUT2D eigenvalue weighted by Gasteiger charge is -2.43. The second kappa shape index (κ2) is 11.6. The molecule has 10 rings (SSSR count). The van der Waals surface area contributed by atoms with Crippen molar-refractivity contribution in [1.82, 2.24) is 4.90 Å². The van der Waals surface area contributed by atoms with Crippen molar-refractivity contribution in [3.05, 3.63) is 88.5 Å². The van der Waals surface area contributed by atoms with Gasteiger partial charge in [-0.25, -0.2) is 0 Å². The van der Waals surface area contributed by atoms with E-state index < -0.39 is 12.0 Å². The van der Waals surface area contributed by atoms with Crippen LogP contribution in [0, 0.1) is 0 Å². The fourth-order valence-electron chi connectivity index (χ4n) is 8.70. The molecule has 11 heteroatoms. The first kappa shape index (κ1) is 31.0. The molecule has 0 aliphatic carbocycles. The van der Waals surface area contributed by atoms with E-state index in [1.807, 2.05) is 42.5 Å². The van der Waals surface area contributed by atoms with Gasteiger partial charge >= 0.3 is 0 Å².